The van der Waals surface area contributed by atoms with Gasteiger partial charge in [0.25, 0.3) is 0 Å². The molecular formula is C13H20N2O3S. The van der Waals surface area contributed by atoms with Gasteiger partial charge in [-0.25, -0.2) is 8.42 Å². The van der Waals surface area contributed by atoms with Crippen LogP contribution in [0.4, 0.5) is 11.4 Å². The average molecular weight is 284 g/mol. The first kappa shape index (κ1) is 14.1. The second-order valence-corrected chi connectivity index (χ2v) is 6.72. The Morgan fingerprint density at radius 1 is 1.32 bits per heavy atom. The van der Waals surface area contributed by atoms with E-state index in [0.717, 1.165) is 0 Å². The minimum absolute atomic E-state index is 0.374. The van der Waals surface area contributed by atoms with E-state index in [4.69, 9.17) is 10.5 Å². The van der Waals surface area contributed by atoms with Gasteiger partial charge in [-0.3, -0.25) is 4.31 Å². The summed E-state index contributed by atoms with van der Waals surface area (Å²) in [5, 5.41) is -0.374. The van der Waals surface area contributed by atoms with Gasteiger partial charge in [0.05, 0.1) is 16.6 Å². The van der Waals surface area contributed by atoms with E-state index in [0.29, 0.717) is 44.0 Å². The SMILES string of the molecule is CCN(c1ccccc1N)S(=O)(=O)C1CCOCC1. The lowest BCUT2D eigenvalue weighted by molar-refractivity contribution is 0.0983. The van der Waals surface area contributed by atoms with E-state index < -0.39 is 10.0 Å². The number of sulfonamides is 1. The third-order valence-corrected chi connectivity index (χ3v) is 5.77. The smallest absolute Gasteiger partial charge is 0.238 e. The van der Waals surface area contributed by atoms with Gasteiger partial charge in [0.1, 0.15) is 0 Å². The van der Waals surface area contributed by atoms with Crippen molar-refractivity contribution in [1.82, 2.24) is 0 Å². The Kier molecular flexibility index (Phi) is 4.31. The average Bonchev–Trinajstić information content (AvgIpc) is 2.42. The Morgan fingerprint density at radius 3 is 2.53 bits per heavy atom. The predicted octanol–water partition coefficient (Wildman–Crippen LogP) is 1.60. The summed E-state index contributed by atoms with van der Waals surface area (Å²) in [6.07, 6.45) is 1.09. The molecule has 0 bridgehead atoms. The molecule has 1 aromatic carbocycles. The molecule has 0 atom stereocenters. The highest BCUT2D eigenvalue weighted by atomic mass is 32.2. The molecule has 6 heteroatoms. The van der Waals surface area contributed by atoms with Gasteiger partial charge in [0.15, 0.2) is 0 Å². The molecule has 0 aromatic heterocycles. The summed E-state index contributed by atoms with van der Waals surface area (Å²) in [6, 6.07) is 7.06. The van der Waals surface area contributed by atoms with E-state index in [1.807, 2.05) is 6.92 Å². The van der Waals surface area contributed by atoms with Gasteiger partial charge in [-0.05, 0) is 31.9 Å². The molecule has 0 saturated carbocycles. The zero-order chi connectivity index (χ0) is 13.9. The van der Waals surface area contributed by atoms with E-state index in [2.05, 4.69) is 0 Å². The van der Waals surface area contributed by atoms with Crippen molar-refractivity contribution in [2.45, 2.75) is 25.0 Å². The molecule has 1 heterocycles. The number of ether oxygens (including phenoxy) is 1. The minimum Gasteiger partial charge on any atom is -0.397 e. The van der Waals surface area contributed by atoms with Crippen LogP contribution in [0.2, 0.25) is 0 Å². The number of anilines is 2. The maximum absolute atomic E-state index is 12.7. The number of benzene rings is 1. The van der Waals surface area contributed by atoms with E-state index in [-0.39, 0.29) is 5.25 Å². The molecule has 5 nitrogen and oxygen atoms in total. The van der Waals surface area contributed by atoms with Gasteiger partial charge in [-0.1, -0.05) is 12.1 Å². The van der Waals surface area contributed by atoms with Crippen LogP contribution in [-0.2, 0) is 14.8 Å². The summed E-state index contributed by atoms with van der Waals surface area (Å²) in [4.78, 5) is 0. The highest BCUT2D eigenvalue weighted by molar-refractivity contribution is 7.93. The number of nitrogens with two attached hydrogens (primary N) is 1. The molecular weight excluding hydrogens is 264 g/mol. The molecule has 1 aliphatic rings. The number of nitrogen functional groups attached to an aromatic ring is 1. The number of nitrogens with zero attached hydrogens (tertiary/aromatic N) is 1. The first-order valence-electron chi connectivity index (χ1n) is 6.51. The lowest BCUT2D eigenvalue weighted by Gasteiger charge is -2.30. The lowest BCUT2D eigenvalue weighted by atomic mass is 10.2. The summed E-state index contributed by atoms with van der Waals surface area (Å²) in [5.41, 5.74) is 6.94. The Morgan fingerprint density at radius 2 is 1.95 bits per heavy atom. The molecule has 0 unspecified atom stereocenters. The van der Waals surface area contributed by atoms with E-state index >= 15 is 0 Å². The Hall–Kier alpha value is -1.27. The van der Waals surface area contributed by atoms with Crippen LogP contribution in [0.25, 0.3) is 0 Å². The lowest BCUT2D eigenvalue weighted by Crippen LogP contribution is -2.41. The van der Waals surface area contributed by atoms with Gasteiger partial charge in [0.2, 0.25) is 10.0 Å². The van der Waals surface area contributed by atoms with Crippen LogP contribution < -0.4 is 10.0 Å². The molecule has 0 amide bonds. The molecule has 1 aromatic rings. The van der Waals surface area contributed by atoms with E-state index in [1.165, 1.54) is 4.31 Å². The highest BCUT2D eigenvalue weighted by Gasteiger charge is 2.33. The van der Waals surface area contributed by atoms with Gasteiger partial charge in [0, 0.05) is 19.8 Å². The first-order valence-corrected chi connectivity index (χ1v) is 8.01. The number of hydrogen-bond donors (Lipinski definition) is 1. The van der Waals surface area contributed by atoms with Crippen LogP contribution in [0.1, 0.15) is 19.8 Å². The summed E-state index contributed by atoms with van der Waals surface area (Å²) in [7, 11) is -3.38. The zero-order valence-electron chi connectivity index (χ0n) is 11.1. The predicted molar refractivity (Wildman–Crippen MR) is 76.6 cm³/mol. The van der Waals surface area contributed by atoms with Crippen molar-refractivity contribution in [3.05, 3.63) is 24.3 Å². The molecule has 2 rings (SSSR count). The Labute approximate surface area is 114 Å². The molecule has 19 heavy (non-hydrogen) atoms. The topological polar surface area (TPSA) is 72.6 Å². The fourth-order valence-corrected chi connectivity index (χ4v) is 4.30. The monoisotopic (exact) mass is 284 g/mol. The second kappa shape index (κ2) is 5.79. The summed E-state index contributed by atoms with van der Waals surface area (Å²) in [5.74, 6) is 0. The largest absolute Gasteiger partial charge is 0.397 e. The fraction of sp³-hybridized carbons (Fsp3) is 0.538. The summed E-state index contributed by atoms with van der Waals surface area (Å²) < 4.78 is 32.0. The van der Waals surface area contributed by atoms with E-state index in [9.17, 15) is 8.42 Å². The van der Waals surface area contributed by atoms with Crippen LogP contribution in [0, 0.1) is 0 Å². The van der Waals surface area contributed by atoms with Crippen LogP contribution >= 0.6 is 0 Å². The third-order valence-electron chi connectivity index (χ3n) is 3.39. The Bertz CT molecular complexity index is 524. The van der Waals surface area contributed by atoms with Crippen LogP contribution in [0.15, 0.2) is 24.3 Å². The maximum Gasteiger partial charge on any atom is 0.238 e. The van der Waals surface area contributed by atoms with E-state index in [1.54, 1.807) is 24.3 Å². The van der Waals surface area contributed by atoms with Crippen molar-refractivity contribution in [2.24, 2.45) is 0 Å². The molecule has 1 fully saturated rings. The molecule has 0 radical (unpaired) electrons. The standard InChI is InChI=1S/C13H20N2O3S/c1-2-15(13-6-4-3-5-12(13)14)19(16,17)11-7-9-18-10-8-11/h3-6,11H,2,7-10,14H2,1H3. The van der Waals surface area contributed by atoms with Gasteiger partial charge in [-0.15, -0.1) is 0 Å². The Balaban J connectivity index is 2.33. The van der Waals surface area contributed by atoms with Crippen molar-refractivity contribution >= 4 is 21.4 Å². The first-order chi connectivity index (χ1) is 9.07. The quantitative estimate of drug-likeness (QED) is 0.852. The third kappa shape index (κ3) is 2.84. The number of rotatable bonds is 4. The van der Waals surface area contributed by atoms with Crippen LogP contribution in [-0.4, -0.2) is 33.4 Å². The van der Waals surface area contributed by atoms with Crippen molar-refractivity contribution in [2.75, 3.05) is 29.8 Å². The van der Waals surface area contributed by atoms with Gasteiger partial charge >= 0.3 is 0 Å². The number of para-hydroxylation sites is 2. The minimum atomic E-state index is -3.38. The second-order valence-electron chi connectivity index (χ2n) is 4.58. The molecule has 2 N–H and O–H groups in total. The normalized spacial score (nSPS) is 17.3. The highest BCUT2D eigenvalue weighted by Crippen LogP contribution is 2.29. The molecule has 0 aliphatic carbocycles. The van der Waals surface area contributed by atoms with Crippen molar-refractivity contribution in [3.8, 4) is 0 Å². The number of hydrogen-bond acceptors (Lipinski definition) is 4. The molecule has 1 aliphatic heterocycles. The van der Waals surface area contributed by atoms with Gasteiger partial charge in [-0.2, -0.15) is 0 Å². The van der Waals surface area contributed by atoms with Crippen LogP contribution in [0.5, 0.6) is 0 Å². The summed E-state index contributed by atoms with van der Waals surface area (Å²) >= 11 is 0. The molecule has 106 valence electrons. The van der Waals surface area contributed by atoms with Crippen molar-refractivity contribution in [1.29, 1.82) is 0 Å². The van der Waals surface area contributed by atoms with Crippen molar-refractivity contribution < 1.29 is 13.2 Å². The van der Waals surface area contributed by atoms with Gasteiger partial charge < -0.3 is 10.5 Å². The zero-order valence-corrected chi connectivity index (χ0v) is 11.9. The summed E-state index contributed by atoms with van der Waals surface area (Å²) in [6.45, 7) is 3.22. The van der Waals surface area contributed by atoms with Crippen molar-refractivity contribution in [3.63, 3.8) is 0 Å². The fourth-order valence-electron chi connectivity index (χ4n) is 2.36. The van der Waals surface area contributed by atoms with Crippen LogP contribution in [0.3, 0.4) is 0 Å². The maximum atomic E-state index is 12.7. The molecule has 1 saturated heterocycles. The molecule has 0 spiro atoms.